The van der Waals surface area contributed by atoms with Crippen LogP contribution in [0.1, 0.15) is 25.8 Å². The zero-order chi connectivity index (χ0) is 11.6. The summed E-state index contributed by atoms with van der Waals surface area (Å²) in [6.07, 6.45) is 1.67. The first kappa shape index (κ1) is 11.0. The molecule has 0 spiro atoms. The number of hydrogen-bond donors (Lipinski definition) is 1. The molecule has 1 aromatic rings. The molecular weight excluding hydrogens is 204 g/mol. The van der Waals surface area contributed by atoms with Crippen LogP contribution >= 0.6 is 0 Å². The van der Waals surface area contributed by atoms with Crippen LogP contribution in [-0.4, -0.2) is 11.2 Å². The van der Waals surface area contributed by atoms with Crippen molar-refractivity contribution in [1.29, 1.82) is 0 Å². The maximum atomic E-state index is 9.82. The summed E-state index contributed by atoms with van der Waals surface area (Å²) in [4.78, 5) is 9.00. The van der Waals surface area contributed by atoms with Crippen LogP contribution in [0.2, 0.25) is 0 Å². The van der Waals surface area contributed by atoms with Gasteiger partial charge in [0, 0.05) is 6.08 Å². The van der Waals surface area contributed by atoms with Gasteiger partial charge in [0.2, 0.25) is 0 Å². The molecule has 1 heterocycles. The average molecular weight is 220 g/mol. The average Bonchev–Trinajstić information content (AvgIpc) is 3.02. The highest BCUT2D eigenvalue weighted by Crippen LogP contribution is 2.29. The van der Waals surface area contributed by atoms with Crippen molar-refractivity contribution in [1.82, 2.24) is 0 Å². The third-order valence-corrected chi connectivity index (χ3v) is 2.78. The van der Waals surface area contributed by atoms with Crippen molar-refractivity contribution < 1.29 is 14.9 Å². The Balaban J connectivity index is 2.04. The number of benzene rings is 1. The van der Waals surface area contributed by atoms with Crippen LogP contribution in [0.15, 0.2) is 42.4 Å². The summed E-state index contributed by atoms with van der Waals surface area (Å²) in [5.41, 5.74) is 1.14. The summed E-state index contributed by atoms with van der Waals surface area (Å²) in [5.74, 6) is 0.413. The van der Waals surface area contributed by atoms with Crippen LogP contribution in [0, 0.1) is 0 Å². The van der Waals surface area contributed by atoms with Gasteiger partial charge in [-0.05, 0) is 17.4 Å². The third kappa shape index (κ3) is 2.76. The monoisotopic (exact) mass is 220 g/mol. The van der Waals surface area contributed by atoms with Crippen LogP contribution < -0.4 is 0 Å². The Hall–Kier alpha value is -1.48. The minimum atomic E-state index is -0.548. The molecule has 0 bridgehead atoms. The normalized spacial score (nSPS) is 16.1. The van der Waals surface area contributed by atoms with Gasteiger partial charge in [-0.25, -0.2) is 9.78 Å². The fraction of sp³-hybridized carbons (Fsp3) is 0.385. The molecule has 1 aliphatic heterocycles. The van der Waals surface area contributed by atoms with Crippen molar-refractivity contribution in [3.8, 4) is 0 Å². The van der Waals surface area contributed by atoms with E-state index < -0.39 is 6.10 Å². The topological polar surface area (TPSA) is 45.3 Å². The van der Waals surface area contributed by atoms with E-state index in [4.69, 9.17) is 0 Å². The van der Waals surface area contributed by atoms with Crippen LogP contribution in [0.3, 0.4) is 0 Å². The van der Waals surface area contributed by atoms with E-state index >= 15 is 0 Å². The second-order valence-electron chi connectivity index (χ2n) is 4.67. The predicted octanol–water partition coefficient (Wildman–Crippen LogP) is 2.52. The Bertz CT molecular complexity index is 375. The molecular formula is C13H16O3. The maximum absolute atomic E-state index is 9.82. The van der Waals surface area contributed by atoms with E-state index in [-0.39, 0.29) is 5.41 Å². The lowest BCUT2D eigenvalue weighted by Crippen LogP contribution is -2.23. The molecule has 2 rings (SSSR count). The summed E-state index contributed by atoms with van der Waals surface area (Å²) < 4.78 is 0. The van der Waals surface area contributed by atoms with Gasteiger partial charge >= 0.3 is 5.95 Å². The summed E-state index contributed by atoms with van der Waals surface area (Å²) in [6, 6.07) is 10.2. The second kappa shape index (κ2) is 4.18. The van der Waals surface area contributed by atoms with Gasteiger partial charge in [-0.2, -0.15) is 0 Å². The van der Waals surface area contributed by atoms with Crippen LogP contribution in [0.4, 0.5) is 0 Å². The molecule has 1 saturated heterocycles. The molecule has 0 saturated carbocycles. The van der Waals surface area contributed by atoms with E-state index in [9.17, 15) is 5.11 Å². The SMILES string of the molecule is CC(C)(CC(O)C=C1OO1)c1ccccc1. The van der Waals surface area contributed by atoms with Crippen LogP contribution in [0.25, 0.3) is 0 Å². The molecule has 0 aromatic heterocycles. The van der Waals surface area contributed by atoms with E-state index in [2.05, 4.69) is 35.8 Å². The van der Waals surface area contributed by atoms with Crippen LogP contribution in [-0.2, 0) is 15.2 Å². The Morgan fingerprint density at radius 2 is 1.88 bits per heavy atom. The first-order valence-electron chi connectivity index (χ1n) is 5.38. The minimum Gasteiger partial charge on any atom is -0.389 e. The fourth-order valence-corrected chi connectivity index (χ4v) is 1.83. The molecule has 1 unspecified atom stereocenters. The van der Waals surface area contributed by atoms with Gasteiger partial charge < -0.3 is 5.11 Å². The van der Waals surface area contributed by atoms with Crippen molar-refractivity contribution in [3.05, 3.63) is 47.9 Å². The van der Waals surface area contributed by atoms with Gasteiger partial charge in [0.25, 0.3) is 0 Å². The third-order valence-electron chi connectivity index (χ3n) is 2.78. The molecule has 3 nitrogen and oxygen atoms in total. The quantitative estimate of drug-likeness (QED) is 0.626. The van der Waals surface area contributed by atoms with Gasteiger partial charge in [-0.1, -0.05) is 44.2 Å². The molecule has 1 aliphatic rings. The summed E-state index contributed by atoms with van der Waals surface area (Å²) in [6.45, 7) is 4.22. The number of aliphatic hydroxyl groups excluding tert-OH is 1. The number of hydrogen-bond acceptors (Lipinski definition) is 3. The Kier molecular flexibility index (Phi) is 2.88. The van der Waals surface area contributed by atoms with Crippen molar-refractivity contribution in [2.75, 3.05) is 0 Å². The molecule has 86 valence electrons. The number of rotatable bonds is 4. The molecule has 0 radical (unpaired) electrons. The van der Waals surface area contributed by atoms with Crippen LogP contribution in [0.5, 0.6) is 0 Å². The zero-order valence-electron chi connectivity index (χ0n) is 9.51. The minimum absolute atomic E-state index is 0.0768. The predicted molar refractivity (Wildman–Crippen MR) is 60.3 cm³/mol. The van der Waals surface area contributed by atoms with Crippen molar-refractivity contribution >= 4 is 0 Å². The Morgan fingerprint density at radius 1 is 1.25 bits per heavy atom. The molecule has 0 amide bonds. The van der Waals surface area contributed by atoms with E-state index in [0.29, 0.717) is 12.4 Å². The Morgan fingerprint density at radius 3 is 2.44 bits per heavy atom. The van der Waals surface area contributed by atoms with Gasteiger partial charge in [-0.3, -0.25) is 0 Å². The summed E-state index contributed by atoms with van der Waals surface area (Å²) >= 11 is 0. The van der Waals surface area contributed by atoms with Gasteiger partial charge in [0.1, 0.15) is 0 Å². The van der Waals surface area contributed by atoms with Crippen molar-refractivity contribution in [3.63, 3.8) is 0 Å². The Labute approximate surface area is 95.2 Å². The first-order valence-corrected chi connectivity index (χ1v) is 5.38. The highest BCUT2D eigenvalue weighted by molar-refractivity contribution is 5.24. The fourth-order valence-electron chi connectivity index (χ4n) is 1.83. The van der Waals surface area contributed by atoms with E-state index in [1.165, 1.54) is 5.56 Å². The molecule has 3 heteroatoms. The lowest BCUT2D eigenvalue weighted by Gasteiger charge is -2.26. The lowest BCUT2D eigenvalue weighted by atomic mass is 9.80. The largest absolute Gasteiger partial charge is 0.389 e. The second-order valence-corrected chi connectivity index (χ2v) is 4.67. The highest BCUT2D eigenvalue weighted by Gasteiger charge is 2.26. The smallest absolute Gasteiger partial charge is 0.377 e. The standard InChI is InChI=1S/C13H16O3/c1-13(2,10-6-4-3-5-7-10)9-11(14)8-12-15-16-12/h3-8,11,14H,9H2,1-2H3. The summed E-state index contributed by atoms with van der Waals surface area (Å²) in [5, 5.41) is 9.82. The van der Waals surface area contributed by atoms with Crippen molar-refractivity contribution in [2.45, 2.75) is 31.8 Å². The summed E-state index contributed by atoms with van der Waals surface area (Å²) in [7, 11) is 0. The van der Waals surface area contributed by atoms with Gasteiger partial charge in [0.05, 0.1) is 6.10 Å². The van der Waals surface area contributed by atoms with Gasteiger partial charge in [-0.15, -0.1) is 0 Å². The lowest BCUT2D eigenvalue weighted by molar-refractivity contribution is 0.0850. The molecule has 16 heavy (non-hydrogen) atoms. The van der Waals surface area contributed by atoms with E-state index in [1.807, 2.05) is 18.2 Å². The van der Waals surface area contributed by atoms with E-state index in [0.717, 1.165) is 0 Å². The molecule has 1 aromatic carbocycles. The molecule has 0 aliphatic carbocycles. The van der Waals surface area contributed by atoms with E-state index in [1.54, 1.807) is 6.08 Å². The highest BCUT2D eigenvalue weighted by atomic mass is 17.4. The molecule has 1 fully saturated rings. The van der Waals surface area contributed by atoms with Crippen molar-refractivity contribution in [2.24, 2.45) is 0 Å². The van der Waals surface area contributed by atoms with Gasteiger partial charge in [0.15, 0.2) is 0 Å². The molecule has 1 atom stereocenters. The number of aliphatic hydroxyl groups is 1. The molecule has 1 N–H and O–H groups in total. The first-order chi connectivity index (χ1) is 7.58. The zero-order valence-corrected chi connectivity index (χ0v) is 9.51. The maximum Gasteiger partial charge on any atom is 0.377 e.